The van der Waals surface area contributed by atoms with Crippen molar-refractivity contribution in [2.24, 2.45) is 4.99 Å². The molecular formula is C25H22N4O4S. The van der Waals surface area contributed by atoms with E-state index in [1.54, 1.807) is 4.90 Å². The van der Waals surface area contributed by atoms with Crippen molar-refractivity contribution in [3.05, 3.63) is 101 Å². The third kappa shape index (κ3) is 5.87. The maximum atomic E-state index is 13.2. The van der Waals surface area contributed by atoms with Crippen molar-refractivity contribution in [1.29, 1.82) is 0 Å². The lowest BCUT2D eigenvalue weighted by Crippen LogP contribution is -2.35. The van der Waals surface area contributed by atoms with Crippen LogP contribution in [-0.4, -0.2) is 38.6 Å². The van der Waals surface area contributed by atoms with Gasteiger partial charge in [0.05, 0.1) is 10.6 Å². The Hall–Kier alpha value is -3.98. The predicted octanol–water partition coefficient (Wildman–Crippen LogP) is 4.80. The minimum Gasteiger partial charge on any atom is -0.326 e. The summed E-state index contributed by atoms with van der Waals surface area (Å²) in [6.45, 7) is 0.460. The quantitative estimate of drug-likeness (QED) is 0.373. The van der Waals surface area contributed by atoms with Gasteiger partial charge in [-0.2, -0.15) is 0 Å². The molecule has 1 fully saturated rings. The molecule has 34 heavy (non-hydrogen) atoms. The number of thioether (sulfide) groups is 1. The van der Waals surface area contributed by atoms with Gasteiger partial charge < -0.3 is 5.32 Å². The lowest BCUT2D eigenvalue weighted by atomic mass is 10.1. The summed E-state index contributed by atoms with van der Waals surface area (Å²) in [7, 11) is 0. The number of amides is 2. The number of aliphatic imine (C=N–C) groups is 1. The Morgan fingerprint density at radius 1 is 1.00 bits per heavy atom. The Kier molecular flexibility index (Phi) is 7.34. The van der Waals surface area contributed by atoms with Crippen LogP contribution in [0.5, 0.6) is 0 Å². The highest BCUT2D eigenvalue weighted by Crippen LogP contribution is 2.32. The molecule has 0 aromatic heterocycles. The molecule has 0 bridgehead atoms. The van der Waals surface area contributed by atoms with Crippen LogP contribution in [0.3, 0.4) is 0 Å². The minimum atomic E-state index is -0.601. The number of nitro benzene ring substituents is 1. The predicted molar refractivity (Wildman–Crippen MR) is 133 cm³/mol. The Balaban J connectivity index is 1.46. The molecule has 0 unspecified atom stereocenters. The van der Waals surface area contributed by atoms with Crippen molar-refractivity contribution in [3.8, 4) is 0 Å². The van der Waals surface area contributed by atoms with E-state index in [4.69, 9.17) is 0 Å². The summed E-state index contributed by atoms with van der Waals surface area (Å²) in [6, 6.07) is 24.8. The number of para-hydroxylation sites is 1. The third-order valence-electron chi connectivity index (χ3n) is 5.20. The molecule has 3 aromatic carbocycles. The summed E-state index contributed by atoms with van der Waals surface area (Å²) in [5, 5.41) is 13.5. The molecule has 1 aliphatic heterocycles. The van der Waals surface area contributed by atoms with E-state index in [0.29, 0.717) is 23.8 Å². The molecule has 1 aliphatic rings. The van der Waals surface area contributed by atoms with E-state index in [2.05, 4.69) is 10.3 Å². The number of anilines is 1. The molecule has 0 spiro atoms. The number of nitro groups is 1. The molecule has 1 N–H and O–H groups in total. The first-order valence-corrected chi connectivity index (χ1v) is 11.6. The summed E-state index contributed by atoms with van der Waals surface area (Å²) < 4.78 is 0. The van der Waals surface area contributed by atoms with Gasteiger partial charge in [-0.15, -0.1) is 0 Å². The molecule has 1 atom stereocenters. The summed E-state index contributed by atoms with van der Waals surface area (Å²) in [5.41, 5.74) is 2.22. The number of hydrogen-bond acceptors (Lipinski definition) is 6. The zero-order valence-corrected chi connectivity index (χ0v) is 19.0. The highest BCUT2D eigenvalue weighted by atomic mass is 32.2. The van der Waals surface area contributed by atoms with Gasteiger partial charge in [-0.1, -0.05) is 60.3 Å². The number of nitrogens with zero attached hydrogens (tertiary/aromatic N) is 3. The largest absolute Gasteiger partial charge is 0.326 e. The normalized spacial score (nSPS) is 16.6. The zero-order valence-electron chi connectivity index (χ0n) is 18.2. The number of carbonyl (C=O) groups is 2. The second-order valence-electron chi connectivity index (χ2n) is 7.62. The number of hydrogen-bond donors (Lipinski definition) is 1. The van der Waals surface area contributed by atoms with Crippen LogP contribution in [0.1, 0.15) is 12.0 Å². The topological polar surface area (TPSA) is 105 Å². The van der Waals surface area contributed by atoms with Gasteiger partial charge in [0.2, 0.25) is 11.8 Å². The molecule has 0 aliphatic carbocycles. The van der Waals surface area contributed by atoms with Crippen LogP contribution in [0.15, 0.2) is 89.9 Å². The first kappa shape index (κ1) is 23.2. The second kappa shape index (κ2) is 10.8. The van der Waals surface area contributed by atoms with E-state index in [1.807, 2.05) is 60.7 Å². The Morgan fingerprint density at radius 2 is 1.65 bits per heavy atom. The van der Waals surface area contributed by atoms with Crippen molar-refractivity contribution in [1.82, 2.24) is 4.90 Å². The van der Waals surface area contributed by atoms with E-state index in [0.717, 1.165) is 11.3 Å². The van der Waals surface area contributed by atoms with E-state index in [-0.39, 0.29) is 23.9 Å². The van der Waals surface area contributed by atoms with Crippen LogP contribution >= 0.6 is 11.8 Å². The smallest absolute Gasteiger partial charge is 0.269 e. The number of benzene rings is 3. The fourth-order valence-corrected chi connectivity index (χ4v) is 4.66. The van der Waals surface area contributed by atoms with E-state index in [1.165, 1.54) is 36.0 Å². The molecule has 1 saturated heterocycles. The average Bonchev–Trinajstić information content (AvgIpc) is 3.12. The number of carbonyl (C=O) groups excluding carboxylic acids is 2. The summed E-state index contributed by atoms with van der Waals surface area (Å²) in [6.07, 6.45) is 0.638. The fraction of sp³-hybridized carbons (Fsp3) is 0.160. The first-order valence-electron chi connectivity index (χ1n) is 10.7. The molecule has 9 heteroatoms. The van der Waals surface area contributed by atoms with E-state index < -0.39 is 10.2 Å². The van der Waals surface area contributed by atoms with Crippen molar-refractivity contribution >= 4 is 45.8 Å². The number of rotatable bonds is 8. The summed E-state index contributed by atoms with van der Waals surface area (Å²) >= 11 is 1.28. The number of nitrogens with one attached hydrogen (secondary N) is 1. The SMILES string of the molecule is O=C(C[C@H]1SC(=Nc2ccccc2)N(CCc2ccccc2)C1=O)Nc1ccc([N+](=O)[O-])cc1. The maximum absolute atomic E-state index is 13.2. The molecular weight excluding hydrogens is 452 g/mol. The van der Waals surface area contributed by atoms with Gasteiger partial charge in [0.15, 0.2) is 5.17 Å². The van der Waals surface area contributed by atoms with Gasteiger partial charge in [-0.05, 0) is 36.2 Å². The minimum absolute atomic E-state index is 0.0316. The van der Waals surface area contributed by atoms with Crippen molar-refractivity contribution < 1.29 is 14.5 Å². The molecule has 0 saturated carbocycles. The summed E-state index contributed by atoms with van der Waals surface area (Å²) in [5.74, 6) is -0.502. The molecule has 3 aromatic rings. The summed E-state index contributed by atoms with van der Waals surface area (Å²) in [4.78, 5) is 42.4. The van der Waals surface area contributed by atoms with E-state index >= 15 is 0 Å². The van der Waals surface area contributed by atoms with Crippen molar-refractivity contribution in [2.45, 2.75) is 18.1 Å². The Morgan fingerprint density at radius 3 is 2.29 bits per heavy atom. The Bertz CT molecular complexity index is 1200. The van der Waals surface area contributed by atoms with Crippen LogP contribution < -0.4 is 5.32 Å². The standard InChI is InChI=1S/C25H22N4O4S/c30-23(26-20-11-13-21(14-12-20)29(32)33)17-22-24(31)28(16-15-18-7-3-1-4-8-18)25(34-22)27-19-9-5-2-6-10-19/h1-14,22H,15-17H2,(H,26,30)/t22-/m1/s1. The van der Waals surface area contributed by atoms with Crippen molar-refractivity contribution in [3.63, 3.8) is 0 Å². The van der Waals surface area contributed by atoms with Gasteiger partial charge in [-0.25, -0.2) is 4.99 Å². The number of amidine groups is 1. The lowest BCUT2D eigenvalue weighted by molar-refractivity contribution is -0.384. The zero-order chi connectivity index (χ0) is 23.9. The number of non-ortho nitro benzene ring substituents is 1. The van der Waals surface area contributed by atoms with Gasteiger partial charge in [0.25, 0.3) is 5.69 Å². The lowest BCUT2D eigenvalue weighted by Gasteiger charge is -2.16. The monoisotopic (exact) mass is 474 g/mol. The van der Waals surface area contributed by atoms with Gasteiger partial charge >= 0.3 is 0 Å². The van der Waals surface area contributed by atoms with Crippen LogP contribution in [0, 0.1) is 10.1 Å². The van der Waals surface area contributed by atoms with Crippen LogP contribution in [-0.2, 0) is 16.0 Å². The molecule has 4 rings (SSSR count). The van der Waals surface area contributed by atoms with Gasteiger partial charge in [0, 0.05) is 30.8 Å². The van der Waals surface area contributed by atoms with Crippen LogP contribution in [0.4, 0.5) is 17.1 Å². The maximum Gasteiger partial charge on any atom is 0.269 e. The fourth-order valence-electron chi connectivity index (χ4n) is 3.48. The molecule has 8 nitrogen and oxygen atoms in total. The van der Waals surface area contributed by atoms with Crippen LogP contribution in [0.2, 0.25) is 0 Å². The van der Waals surface area contributed by atoms with Crippen molar-refractivity contribution in [2.75, 3.05) is 11.9 Å². The molecule has 2 amide bonds. The first-order chi connectivity index (χ1) is 16.5. The Labute approximate surface area is 200 Å². The van der Waals surface area contributed by atoms with E-state index in [9.17, 15) is 19.7 Å². The highest BCUT2D eigenvalue weighted by Gasteiger charge is 2.39. The molecule has 172 valence electrons. The molecule has 1 heterocycles. The van der Waals surface area contributed by atoms with Gasteiger partial charge in [-0.3, -0.25) is 24.6 Å². The average molecular weight is 475 g/mol. The van der Waals surface area contributed by atoms with Gasteiger partial charge in [0.1, 0.15) is 5.25 Å². The van der Waals surface area contributed by atoms with Crippen LogP contribution in [0.25, 0.3) is 0 Å². The third-order valence-corrected chi connectivity index (χ3v) is 6.38. The highest BCUT2D eigenvalue weighted by molar-refractivity contribution is 8.15. The molecule has 0 radical (unpaired) electrons. The second-order valence-corrected chi connectivity index (χ2v) is 8.79.